The van der Waals surface area contributed by atoms with Gasteiger partial charge < -0.3 is 9.47 Å². The van der Waals surface area contributed by atoms with E-state index in [9.17, 15) is 13.2 Å². The molecule has 0 saturated carbocycles. The third-order valence-corrected chi connectivity index (χ3v) is 5.43. The molecular formula is C24H22F3N3O2. The van der Waals surface area contributed by atoms with Crippen molar-refractivity contribution in [1.29, 1.82) is 0 Å². The number of halogens is 3. The minimum Gasteiger partial charge on any atom is -0.501 e. The van der Waals surface area contributed by atoms with Gasteiger partial charge >= 0.3 is 6.18 Å². The molecule has 32 heavy (non-hydrogen) atoms. The zero-order valence-corrected chi connectivity index (χ0v) is 17.6. The van der Waals surface area contributed by atoms with Crippen molar-refractivity contribution in [3.8, 4) is 5.82 Å². The Kier molecular flexibility index (Phi) is 6.03. The number of rotatable bonds is 6. The normalized spacial score (nSPS) is 18.7. The zero-order valence-electron chi connectivity index (χ0n) is 17.6. The number of methoxy groups -OCH3 is 1. The number of nitrogens with zero attached hydrogens (tertiary/aromatic N) is 3. The standard InChI is InChI=1S/C24H22F3N3O2/c1-16-20(31-2)10-11-21(32-15-17-7-4-3-5-8-17)22(16)19-12-14-29-30(19)23-18(24(25,26)27)9-6-13-28-23/h3-14,16,22H,15H2,1-2H3. The average Bonchev–Trinajstić information content (AvgIpc) is 3.27. The lowest BCUT2D eigenvalue weighted by Crippen LogP contribution is -2.24. The van der Waals surface area contributed by atoms with E-state index in [0.29, 0.717) is 23.8 Å². The van der Waals surface area contributed by atoms with E-state index in [1.807, 2.05) is 43.3 Å². The van der Waals surface area contributed by atoms with E-state index in [4.69, 9.17) is 9.47 Å². The molecule has 0 radical (unpaired) electrons. The second kappa shape index (κ2) is 8.90. The van der Waals surface area contributed by atoms with Gasteiger partial charge in [-0.15, -0.1) is 0 Å². The van der Waals surface area contributed by atoms with Crippen molar-refractivity contribution in [2.75, 3.05) is 7.11 Å². The topological polar surface area (TPSA) is 49.2 Å². The molecule has 4 rings (SSSR count). The van der Waals surface area contributed by atoms with Crippen LogP contribution in [0.2, 0.25) is 0 Å². The molecule has 166 valence electrons. The van der Waals surface area contributed by atoms with Crippen LogP contribution < -0.4 is 0 Å². The Morgan fingerprint density at radius 1 is 0.969 bits per heavy atom. The van der Waals surface area contributed by atoms with Crippen LogP contribution in [0.15, 0.2) is 84.6 Å². The van der Waals surface area contributed by atoms with Crippen LogP contribution in [0.3, 0.4) is 0 Å². The lowest BCUT2D eigenvalue weighted by Gasteiger charge is -2.31. The number of hydrogen-bond donors (Lipinski definition) is 0. The molecule has 1 aliphatic rings. The SMILES string of the molecule is COC1=CC=C(OCc2ccccc2)C(c2ccnn2-c2ncccc2C(F)(F)F)C1C. The van der Waals surface area contributed by atoms with E-state index in [1.165, 1.54) is 23.1 Å². The smallest absolute Gasteiger partial charge is 0.420 e. The molecule has 5 nitrogen and oxygen atoms in total. The lowest BCUT2D eigenvalue weighted by molar-refractivity contribution is -0.137. The second-order valence-electron chi connectivity index (χ2n) is 7.42. The number of benzene rings is 1. The van der Waals surface area contributed by atoms with Gasteiger partial charge in [-0.05, 0) is 35.9 Å². The molecule has 0 saturated heterocycles. The summed E-state index contributed by atoms with van der Waals surface area (Å²) in [5.41, 5.74) is 0.661. The van der Waals surface area contributed by atoms with Gasteiger partial charge in [0.25, 0.3) is 0 Å². The van der Waals surface area contributed by atoms with Crippen LogP contribution in [0.5, 0.6) is 0 Å². The molecule has 3 aromatic rings. The lowest BCUT2D eigenvalue weighted by atomic mass is 9.84. The number of alkyl halides is 3. The van der Waals surface area contributed by atoms with Gasteiger partial charge in [0.2, 0.25) is 0 Å². The Labute approximate surface area is 183 Å². The van der Waals surface area contributed by atoms with Crippen molar-refractivity contribution in [2.24, 2.45) is 5.92 Å². The third kappa shape index (κ3) is 4.26. The molecule has 2 aromatic heterocycles. The summed E-state index contributed by atoms with van der Waals surface area (Å²) >= 11 is 0. The Morgan fingerprint density at radius 2 is 1.72 bits per heavy atom. The summed E-state index contributed by atoms with van der Waals surface area (Å²) in [4.78, 5) is 4.00. The summed E-state index contributed by atoms with van der Waals surface area (Å²) in [5.74, 6) is 0.442. The van der Waals surface area contributed by atoms with E-state index in [-0.39, 0.29) is 11.7 Å². The van der Waals surface area contributed by atoms with Crippen molar-refractivity contribution >= 4 is 0 Å². The Morgan fingerprint density at radius 3 is 2.44 bits per heavy atom. The quantitative estimate of drug-likeness (QED) is 0.496. The van der Waals surface area contributed by atoms with E-state index < -0.39 is 17.7 Å². The predicted molar refractivity (Wildman–Crippen MR) is 113 cm³/mol. The van der Waals surface area contributed by atoms with E-state index in [1.54, 1.807) is 19.3 Å². The minimum absolute atomic E-state index is 0.190. The molecule has 0 amide bonds. The van der Waals surface area contributed by atoms with Crippen molar-refractivity contribution < 1.29 is 22.6 Å². The Balaban J connectivity index is 1.74. The summed E-state index contributed by atoms with van der Waals surface area (Å²) in [7, 11) is 1.57. The molecule has 2 atom stereocenters. The number of pyridine rings is 1. The summed E-state index contributed by atoms with van der Waals surface area (Å²) < 4.78 is 53.8. The van der Waals surface area contributed by atoms with Crippen molar-refractivity contribution in [2.45, 2.75) is 25.6 Å². The number of allylic oxidation sites excluding steroid dienone is 4. The number of aromatic nitrogens is 3. The fourth-order valence-corrected chi connectivity index (χ4v) is 3.88. The number of ether oxygens (including phenoxy) is 2. The average molecular weight is 441 g/mol. The molecule has 1 aliphatic carbocycles. The monoisotopic (exact) mass is 441 g/mol. The highest BCUT2D eigenvalue weighted by atomic mass is 19.4. The Hall–Kier alpha value is -3.55. The van der Waals surface area contributed by atoms with Crippen molar-refractivity contribution in [1.82, 2.24) is 14.8 Å². The van der Waals surface area contributed by atoms with Crippen LogP contribution in [0.1, 0.15) is 29.7 Å². The zero-order chi connectivity index (χ0) is 22.7. The number of hydrogen-bond acceptors (Lipinski definition) is 4. The highest BCUT2D eigenvalue weighted by Crippen LogP contribution is 2.42. The summed E-state index contributed by atoms with van der Waals surface area (Å²) in [5, 5.41) is 4.18. The maximum absolute atomic E-state index is 13.6. The molecule has 0 aliphatic heterocycles. The van der Waals surface area contributed by atoms with Gasteiger partial charge in [-0.25, -0.2) is 9.67 Å². The van der Waals surface area contributed by atoms with Crippen LogP contribution in [0.25, 0.3) is 5.82 Å². The van der Waals surface area contributed by atoms with E-state index in [0.717, 1.165) is 11.6 Å². The third-order valence-electron chi connectivity index (χ3n) is 5.43. The van der Waals surface area contributed by atoms with Gasteiger partial charge in [0.15, 0.2) is 5.82 Å². The van der Waals surface area contributed by atoms with Crippen LogP contribution in [-0.4, -0.2) is 21.9 Å². The molecule has 2 unspecified atom stereocenters. The molecular weight excluding hydrogens is 419 g/mol. The first kappa shape index (κ1) is 21.7. The predicted octanol–water partition coefficient (Wildman–Crippen LogP) is 5.65. The molecule has 0 N–H and O–H groups in total. The first-order valence-electron chi connectivity index (χ1n) is 10.1. The summed E-state index contributed by atoms with van der Waals surface area (Å²) in [6.07, 6.45) is 1.85. The Bertz CT molecular complexity index is 1140. The van der Waals surface area contributed by atoms with E-state index >= 15 is 0 Å². The van der Waals surface area contributed by atoms with Crippen molar-refractivity contribution in [3.05, 3.63) is 101 Å². The van der Waals surface area contributed by atoms with Crippen molar-refractivity contribution in [3.63, 3.8) is 0 Å². The first-order valence-corrected chi connectivity index (χ1v) is 10.1. The summed E-state index contributed by atoms with van der Waals surface area (Å²) in [6, 6.07) is 13.6. The van der Waals surface area contributed by atoms with Crippen LogP contribution in [0.4, 0.5) is 13.2 Å². The molecule has 0 fully saturated rings. The van der Waals surface area contributed by atoms with Crippen LogP contribution in [-0.2, 0) is 22.3 Å². The van der Waals surface area contributed by atoms with Gasteiger partial charge in [-0.1, -0.05) is 37.3 Å². The van der Waals surface area contributed by atoms with Gasteiger partial charge in [0.05, 0.1) is 24.5 Å². The van der Waals surface area contributed by atoms with Gasteiger partial charge in [0, 0.05) is 18.3 Å². The van der Waals surface area contributed by atoms with Gasteiger partial charge in [0.1, 0.15) is 17.9 Å². The van der Waals surface area contributed by atoms with Crippen LogP contribution in [0, 0.1) is 5.92 Å². The molecule has 0 spiro atoms. The molecule has 2 heterocycles. The van der Waals surface area contributed by atoms with Gasteiger partial charge in [-0.2, -0.15) is 18.3 Å². The first-order chi connectivity index (χ1) is 15.4. The summed E-state index contributed by atoms with van der Waals surface area (Å²) in [6.45, 7) is 2.27. The molecule has 1 aromatic carbocycles. The fraction of sp³-hybridized carbons (Fsp3) is 0.250. The van der Waals surface area contributed by atoms with Gasteiger partial charge in [-0.3, -0.25) is 0 Å². The maximum Gasteiger partial charge on any atom is 0.420 e. The van der Waals surface area contributed by atoms with E-state index in [2.05, 4.69) is 10.1 Å². The van der Waals surface area contributed by atoms with Crippen LogP contribution >= 0.6 is 0 Å². The largest absolute Gasteiger partial charge is 0.501 e. The fourth-order valence-electron chi connectivity index (χ4n) is 3.88. The highest BCUT2D eigenvalue weighted by molar-refractivity contribution is 5.40. The molecule has 8 heteroatoms. The maximum atomic E-state index is 13.6. The second-order valence-corrected chi connectivity index (χ2v) is 7.42. The highest BCUT2D eigenvalue weighted by Gasteiger charge is 2.38. The minimum atomic E-state index is -4.56. The molecule has 0 bridgehead atoms.